The molecule has 2 spiro atoms. The van der Waals surface area contributed by atoms with Crippen molar-refractivity contribution in [1.82, 2.24) is 9.80 Å². The van der Waals surface area contributed by atoms with E-state index in [9.17, 15) is 28.8 Å². The summed E-state index contributed by atoms with van der Waals surface area (Å²) in [6.45, 7) is 15.2. The second-order valence-corrected chi connectivity index (χ2v) is 15.9. The van der Waals surface area contributed by atoms with Crippen molar-refractivity contribution < 1.29 is 52.8 Å². The maximum atomic E-state index is 12.4. The average Bonchev–Trinajstić information content (AvgIpc) is 3.10. The molecule has 13 nitrogen and oxygen atoms in total. The highest BCUT2D eigenvalue weighted by Gasteiger charge is 2.44. The molecule has 54 heavy (non-hydrogen) atoms. The van der Waals surface area contributed by atoms with Crippen molar-refractivity contribution in [3.05, 3.63) is 60.1 Å². The normalized spacial score (nSPS) is 19.9. The Morgan fingerprint density at radius 1 is 0.796 bits per heavy atom. The summed E-state index contributed by atoms with van der Waals surface area (Å²) in [5.74, 6) is 0.591. The van der Waals surface area contributed by atoms with Crippen molar-refractivity contribution in [2.45, 2.75) is 116 Å². The van der Waals surface area contributed by atoms with Gasteiger partial charge in [0.05, 0.1) is 36.2 Å². The van der Waals surface area contributed by atoms with Crippen molar-refractivity contribution in [2.24, 2.45) is 0 Å². The standard InChI is InChI=1S/C18H23NO4.C14H23NO4.C8H7O2.CH4O/c1-17(2,3)23-16(21)19-10-8-18(9-11-19)12-14(20)13-6-4-5-7-15(13)22-18;1-13(2,3)19-12(17)15-8-6-14(7-9-15)5-4-11(16)10-18-14;1-6(9)7-4-2-3-5-8(7)10;1-2/h4-7H,8-12H2,1-3H3;4-10H2,1-3H3;2-5H,1H3;2H,1H3/q;;+1;. The second kappa shape index (κ2) is 18.7. The number of piperidine rings is 2. The first-order valence-electron chi connectivity index (χ1n) is 18.4. The highest BCUT2D eigenvalue weighted by Crippen LogP contribution is 2.39. The van der Waals surface area contributed by atoms with Crippen LogP contribution in [0.15, 0.2) is 48.1 Å². The highest BCUT2D eigenvalue weighted by atomic mass is 16.6. The lowest BCUT2D eigenvalue weighted by Crippen LogP contribution is -2.52. The molecule has 296 valence electrons. The third-order valence-electron chi connectivity index (χ3n) is 9.31. The maximum Gasteiger partial charge on any atom is 0.410 e. The molecule has 5 aliphatic rings. The number of fused-ring (bicyclic) bond motifs is 1. The van der Waals surface area contributed by atoms with Crippen LogP contribution in [0, 0.1) is 6.42 Å². The fourth-order valence-corrected chi connectivity index (χ4v) is 6.47. The molecule has 1 aromatic carbocycles. The molecule has 1 N–H and O–H groups in total. The number of ketones is 4. The third-order valence-corrected chi connectivity index (χ3v) is 9.31. The number of amides is 2. The first kappa shape index (κ1) is 43.9. The van der Waals surface area contributed by atoms with E-state index in [1.807, 2.05) is 59.7 Å². The zero-order valence-electron chi connectivity index (χ0n) is 33.0. The van der Waals surface area contributed by atoms with Crippen molar-refractivity contribution in [2.75, 3.05) is 39.9 Å². The second-order valence-electron chi connectivity index (χ2n) is 15.9. The summed E-state index contributed by atoms with van der Waals surface area (Å²) >= 11 is 0. The van der Waals surface area contributed by atoms with E-state index in [2.05, 4.69) is 0 Å². The minimum absolute atomic E-state index is 0.123. The number of likely N-dealkylation sites (tertiary alicyclic amines) is 2. The van der Waals surface area contributed by atoms with E-state index < -0.39 is 16.8 Å². The Morgan fingerprint density at radius 2 is 1.31 bits per heavy atom. The molecule has 0 bridgehead atoms. The van der Waals surface area contributed by atoms with Crippen molar-refractivity contribution in [1.29, 1.82) is 0 Å². The molecule has 3 fully saturated rings. The number of allylic oxidation sites excluding steroid dienone is 4. The molecule has 6 rings (SSSR count). The van der Waals surface area contributed by atoms with Gasteiger partial charge >= 0.3 is 12.2 Å². The van der Waals surface area contributed by atoms with Crippen LogP contribution in [-0.2, 0) is 28.6 Å². The minimum atomic E-state index is -0.498. The molecule has 0 saturated carbocycles. The van der Waals surface area contributed by atoms with Crippen LogP contribution in [0.25, 0.3) is 0 Å². The number of hydrogen-bond donors (Lipinski definition) is 1. The van der Waals surface area contributed by atoms with E-state index in [-0.39, 0.29) is 53.1 Å². The largest absolute Gasteiger partial charge is 0.486 e. The molecule has 3 saturated heterocycles. The quantitative estimate of drug-likeness (QED) is 0.264. The predicted molar refractivity (Wildman–Crippen MR) is 201 cm³/mol. The molecular formula is C41H57N2O11+. The summed E-state index contributed by atoms with van der Waals surface area (Å²) in [7, 11) is 1.00. The number of rotatable bonds is 1. The fourth-order valence-electron chi connectivity index (χ4n) is 6.47. The van der Waals surface area contributed by atoms with Crippen LogP contribution in [0.3, 0.4) is 0 Å². The van der Waals surface area contributed by atoms with Gasteiger partial charge in [0, 0.05) is 65.6 Å². The number of nitrogens with zero attached hydrogens (tertiary/aromatic N) is 2. The van der Waals surface area contributed by atoms with E-state index in [4.69, 9.17) is 24.1 Å². The van der Waals surface area contributed by atoms with Gasteiger partial charge in [0.15, 0.2) is 17.1 Å². The number of benzene rings is 1. The van der Waals surface area contributed by atoms with Crippen LogP contribution in [0.2, 0.25) is 0 Å². The maximum absolute atomic E-state index is 12.4. The molecular weight excluding hydrogens is 696 g/mol. The van der Waals surface area contributed by atoms with Crippen LogP contribution in [-0.4, -0.2) is 113 Å². The first-order chi connectivity index (χ1) is 25.3. The lowest BCUT2D eigenvalue weighted by molar-refractivity contribution is -0.149. The molecule has 1 aliphatic carbocycles. The SMILES string of the molecule is CC(=O)C1=CC=C[CH+]C1=O.CC(C)(C)OC(=O)N1CCC2(CC1)CC(=O)c1ccccc1O2.CC(C)(C)OC(=O)N1CCC2(CCC(=O)CO2)CC1.CO. The van der Waals surface area contributed by atoms with Crippen LogP contribution in [0.5, 0.6) is 5.75 Å². The molecule has 1 aromatic rings. The first-order valence-corrected chi connectivity index (χ1v) is 18.4. The Morgan fingerprint density at radius 3 is 1.76 bits per heavy atom. The molecule has 13 heteroatoms. The van der Waals surface area contributed by atoms with Gasteiger partial charge in [0.25, 0.3) is 5.78 Å². The number of para-hydroxylation sites is 1. The number of aliphatic hydroxyl groups excluding tert-OH is 1. The van der Waals surface area contributed by atoms with Crippen molar-refractivity contribution in [3.63, 3.8) is 0 Å². The molecule has 2 amide bonds. The van der Waals surface area contributed by atoms with E-state index in [0.29, 0.717) is 63.2 Å². The van der Waals surface area contributed by atoms with E-state index >= 15 is 0 Å². The Kier molecular flexibility index (Phi) is 15.2. The van der Waals surface area contributed by atoms with Gasteiger partial charge in [0.1, 0.15) is 29.2 Å². The van der Waals surface area contributed by atoms with Gasteiger partial charge in [-0.15, -0.1) is 0 Å². The number of ether oxygens (including phenoxy) is 4. The summed E-state index contributed by atoms with van der Waals surface area (Å²) < 4.78 is 22.7. The Labute approximate surface area is 319 Å². The van der Waals surface area contributed by atoms with Crippen LogP contribution in [0.4, 0.5) is 9.59 Å². The highest BCUT2D eigenvalue weighted by molar-refractivity contribution is 6.23. The number of aliphatic hydroxyl groups is 1. The van der Waals surface area contributed by atoms with E-state index in [1.165, 1.54) is 19.4 Å². The van der Waals surface area contributed by atoms with Crippen LogP contribution >= 0.6 is 0 Å². The Hall–Kier alpha value is -4.49. The fraction of sp³-hybridized carbons (Fsp3) is 0.585. The Bertz CT molecular complexity index is 1570. The summed E-state index contributed by atoms with van der Waals surface area (Å²) in [6, 6.07) is 7.37. The van der Waals surface area contributed by atoms with Gasteiger partial charge in [0.2, 0.25) is 5.78 Å². The van der Waals surface area contributed by atoms with Gasteiger partial charge in [-0.3, -0.25) is 19.2 Å². The third kappa shape index (κ3) is 12.8. The van der Waals surface area contributed by atoms with Gasteiger partial charge < -0.3 is 33.9 Å². The lowest BCUT2D eigenvalue weighted by atomic mass is 9.82. The number of Topliss-reactive ketones (excluding diaryl/α,β-unsaturated/α-hetero) is 4. The van der Waals surface area contributed by atoms with E-state index in [1.54, 1.807) is 28.0 Å². The van der Waals surface area contributed by atoms with Crippen molar-refractivity contribution >= 4 is 35.3 Å². The summed E-state index contributed by atoms with van der Waals surface area (Å²) in [4.78, 5) is 72.6. The zero-order valence-corrected chi connectivity index (χ0v) is 33.0. The Balaban J connectivity index is 0.000000227. The average molecular weight is 754 g/mol. The smallest absolute Gasteiger partial charge is 0.410 e. The van der Waals surface area contributed by atoms with Crippen molar-refractivity contribution in [3.8, 4) is 5.75 Å². The molecule has 4 aliphatic heterocycles. The predicted octanol–water partition coefficient (Wildman–Crippen LogP) is 6.01. The van der Waals surface area contributed by atoms with Gasteiger partial charge in [-0.25, -0.2) is 9.59 Å². The molecule has 0 radical (unpaired) electrons. The number of carbonyl (C=O) groups is 6. The van der Waals surface area contributed by atoms with Gasteiger partial charge in [-0.05, 0) is 72.9 Å². The van der Waals surface area contributed by atoms with Crippen LogP contribution < -0.4 is 4.74 Å². The van der Waals surface area contributed by atoms with E-state index in [0.717, 1.165) is 26.4 Å². The number of carbonyl (C=O) groups excluding carboxylic acids is 6. The topological polar surface area (TPSA) is 166 Å². The zero-order chi connectivity index (χ0) is 40.3. The molecule has 0 unspecified atom stereocenters. The molecule has 0 aromatic heterocycles. The minimum Gasteiger partial charge on any atom is -0.486 e. The number of hydrogen-bond acceptors (Lipinski definition) is 11. The summed E-state index contributed by atoms with van der Waals surface area (Å²) in [5, 5.41) is 7.00. The van der Waals surface area contributed by atoms with Crippen LogP contribution in [0.1, 0.15) is 104 Å². The van der Waals surface area contributed by atoms with Gasteiger partial charge in [-0.1, -0.05) is 12.1 Å². The monoisotopic (exact) mass is 753 g/mol. The summed E-state index contributed by atoms with van der Waals surface area (Å²) in [6.07, 6.45) is 10.3. The molecule has 4 heterocycles. The van der Waals surface area contributed by atoms with Gasteiger partial charge in [-0.2, -0.15) is 0 Å². The lowest BCUT2D eigenvalue weighted by Gasteiger charge is -2.43. The summed E-state index contributed by atoms with van der Waals surface area (Å²) in [5.41, 5.74) is -0.700. The molecule has 0 atom stereocenters.